The van der Waals surface area contributed by atoms with Crippen LogP contribution in [0.5, 0.6) is 0 Å². The molecule has 0 aliphatic carbocycles. The molecule has 0 spiro atoms. The zero-order valence-corrected chi connectivity index (χ0v) is 18.8. The van der Waals surface area contributed by atoms with E-state index in [4.69, 9.17) is 0 Å². The fourth-order valence-electron chi connectivity index (χ4n) is 3.58. The molecule has 1 aromatic heterocycles. The van der Waals surface area contributed by atoms with Crippen LogP contribution in [0.4, 0.5) is 0 Å². The van der Waals surface area contributed by atoms with Gasteiger partial charge in [-0.1, -0.05) is 41.1 Å². The molecule has 2 amide bonds. The van der Waals surface area contributed by atoms with E-state index in [2.05, 4.69) is 21.2 Å². The Hall–Kier alpha value is -3.57. The van der Waals surface area contributed by atoms with E-state index in [1.165, 1.54) is 15.2 Å². The van der Waals surface area contributed by atoms with Crippen molar-refractivity contribution in [1.29, 1.82) is 0 Å². The number of hydrazine groups is 1. The highest BCUT2D eigenvalue weighted by Gasteiger charge is 2.32. The van der Waals surface area contributed by atoms with Gasteiger partial charge in [-0.15, -0.1) is 5.10 Å². The van der Waals surface area contributed by atoms with Crippen LogP contribution in [0, 0.1) is 12.8 Å². The molecule has 2 N–H and O–H groups in total. The van der Waals surface area contributed by atoms with Crippen molar-refractivity contribution >= 4 is 21.8 Å². The zero-order valence-electron chi connectivity index (χ0n) is 18.0. The molecule has 0 unspecified atom stereocenters. The predicted octanol–water partition coefficient (Wildman–Crippen LogP) is 1.44. The van der Waals surface area contributed by atoms with Gasteiger partial charge in [0, 0.05) is 19.0 Å². The van der Waals surface area contributed by atoms with E-state index in [1.54, 1.807) is 24.3 Å². The lowest BCUT2D eigenvalue weighted by Crippen LogP contribution is -2.48. The molecule has 1 fully saturated rings. The predicted molar refractivity (Wildman–Crippen MR) is 120 cm³/mol. The molecule has 172 valence electrons. The molecule has 0 bridgehead atoms. The second kappa shape index (κ2) is 9.51. The van der Waals surface area contributed by atoms with Gasteiger partial charge < -0.3 is 0 Å². The van der Waals surface area contributed by atoms with Crippen molar-refractivity contribution in [3.63, 3.8) is 0 Å². The van der Waals surface area contributed by atoms with Gasteiger partial charge in [0.15, 0.2) is 5.69 Å². The van der Waals surface area contributed by atoms with Crippen molar-refractivity contribution in [3.8, 4) is 5.69 Å². The number of benzene rings is 2. The number of piperidine rings is 1. The summed E-state index contributed by atoms with van der Waals surface area (Å²) in [5, 5.41) is 7.75. The highest BCUT2D eigenvalue weighted by Crippen LogP contribution is 2.24. The molecule has 2 heterocycles. The molecule has 3 aromatic rings. The number of hydrogen-bond acceptors (Lipinski definition) is 6. The lowest BCUT2D eigenvalue weighted by atomic mass is 9.98. The molecular formula is C22H24N6O4S. The summed E-state index contributed by atoms with van der Waals surface area (Å²) < 4.78 is 28.5. The van der Waals surface area contributed by atoms with Gasteiger partial charge in [-0.05, 0) is 44.0 Å². The van der Waals surface area contributed by atoms with Crippen molar-refractivity contribution < 1.29 is 18.0 Å². The standard InChI is InChI=1S/C22H24N6O4S/c1-16-7-9-19(10-8-16)33(31,32)27-13-11-17(12-14-27)21(29)24-25-22(30)20-15-28(26-23-20)18-5-3-2-4-6-18/h2-10,15,17H,11-14H2,1H3,(H,24,29)(H,25,30). The maximum atomic E-state index is 12.8. The average molecular weight is 469 g/mol. The number of carbonyl (C=O) groups excluding carboxylic acids is 2. The van der Waals surface area contributed by atoms with Crippen LogP contribution >= 0.6 is 0 Å². The Morgan fingerprint density at radius 1 is 0.970 bits per heavy atom. The third-order valence-electron chi connectivity index (χ3n) is 5.53. The highest BCUT2D eigenvalue weighted by molar-refractivity contribution is 7.89. The molecule has 33 heavy (non-hydrogen) atoms. The van der Waals surface area contributed by atoms with Gasteiger partial charge >= 0.3 is 0 Å². The number of amides is 2. The van der Waals surface area contributed by atoms with Crippen LogP contribution in [0.1, 0.15) is 28.9 Å². The lowest BCUT2D eigenvalue weighted by molar-refractivity contribution is -0.126. The zero-order chi connectivity index (χ0) is 23.4. The number of aromatic nitrogens is 3. The molecule has 4 rings (SSSR count). The topological polar surface area (TPSA) is 126 Å². The number of para-hydroxylation sites is 1. The highest BCUT2D eigenvalue weighted by atomic mass is 32.2. The van der Waals surface area contributed by atoms with E-state index < -0.39 is 21.8 Å². The molecule has 0 saturated carbocycles. The molecule has 2 aromatic carbocycles. The van der Waals surface area contributed by atoms with E-state index >= 15 is 0 Å². The van der Waals surface area contributed by atoms with Crippen LogP contribution in [0.25, 0.3) is 5.69 Å². The minimum absolute atomic E-state index is 0.0539. The van der Waals surface area contributed by atoms with Crippen LogP contribution in [-0.4, -0.2) is 52.6 Å². The minimum Gasteiger partial charge on any atom is -0.273 e. The monoisotopic (exact) mass is 468 g/mol. The number of rotatable bonds is 5. The van der Waals surface area contributed by atoms with Gasteiger partial charge in [-0.2, -0.15) is 4.31 Å². The second-order valence-electron chi connectivity index (χ2n) is 7.82. The number of sulfonamides is 1. The second-order valence-corrected chi connectivity index (χ2v) is 9.76. The largest absolute Gasteiger partial charge is 0.291 e. The molecule has 1 saturated heterocycles. The van der Waals surface area contributed by atoms with Crippen LogP contribution in [-0.2, 0) is 14.8 Å². The Kier molecular flexibility index (Phi) is 6.52. The smallest absolute Gasteiger partial charge is 0.273 e. The molecule has 1 aliphatic rings. The fourth-order valence-corrected chi connectivity index (χ4v) is 5.05. The van der Waals surface area contributed by atoms with Crippen molar-refractivity contribution in [2.24, 2.45) is 5.92 Å². The van der Waals surface area contributed by atoms with Crippen molar-refractivity contribution in [1.82, 2.24) is 30.2 Å². The fraction of sp³-hybridized carbons (Fsp3) is 0.273. The van der Waals surface area contributed by atoms with Gasteiger partial charge in [0.25, 0.3) is 5.91 Å². The number of carbonyl (C=O) groups is 2. The first-order chi connectivity index (χ1) is 15.8. The molecule has 0 radical (unpaired) electrons. The molecule has 0 atom stereocenters. The lowest BCUT2D eigenvalue weighted by Gasteiger charge is -2.30. The quantitative estimate of drug-likeness (QED) is 0.546. The SMILES string of the molecule is Cc1ccc(S(=O)(=O)N2CCC(C(=O)NNC(=O)c3cn(-c4ccccc4)nn3)CC2)cc1. The number of nitrogens with one attached hydrogen (secondary N) is 2. The van der Waals surface area contributed by atoms with Crippen LogP contribution in [0.3, 0.4) is 0 Å². The Bertz CT molecular complexity index is 1230. The summed E-state index contributed by atoms with van der Waals surface area (Å²) >= 11 is 0. The number of nitrogens with zero attached hydrogens (tertiary/aromatic N) is 4. The summed E-state index contributed by atoms with van der Waals surface area (Å²) in [6, 6.07) is 15.9. The Morgan fingerprint density at radius 3 is 2.30 bits per heavy atom. The Morgan fingerprint density at radius 2 is 1.64 bits per heavy atom. The number of aryl methyl sites for hydroxylation is 1. The average Bonchev–Trinajstić information content (AvgIpc) is 3.34. The van der Waals surface area contributed by atoms with E-state index in [9.17, 15) is 18.0 Å². The Balaban J connectivity index is 1.28. The van der Waals surface area contributed by atoms with Crippen LogP contribution in [0.15, 0.2) is 65.7 Å². The van der Waals surface area contributed by atoms with Crippen molar-refractivity contribution in [2.45, 2.75) is 24.7 Å². The summed E-state index contributed by atoms with van der Waals surface area (Å²) in [5.74, 6) is -1.37. The van der Waals surface area contributed by atoms with Gasteiger partial charge in [-0.25, -0.2) is 13.1 Å². The third kappa shape index (κ3) is 5.10. The molecule has 10 nitrogen and oxygen atoms in total. The van der Waals surface area contributed by atoms with Gasteiger partial charge in [0.2, 0.25) is 15.9 Å². The van der Waals surface area contributed by atoms with E-state index in [-0.39, 0.29) is 29.6 Å². The van der Waals surface area contributed by atoms with Gasteiger partial charge in [0.1, 0.15) is 0 Å². The van der Waals surface area contributed by atoms with Crippen molar-refractivity contribution in [3.05, 3.63) is 72.1 Å². The third-order valence-corrected chi connectivity index (χ3v) is 7.44. The first-order valence-corrected chi connectivity index (χ1v) is 11.9. The summed E-state index contributed by atoms with van der Waals surface area (Å²) in [5.41, 5.74) is 6.54. The summed E-state index contributed by atoms with van der Waals surface area (Å²) in [7, 11) is -3.60. The minimum atomic E-state index is -3.60. The first-order valence-electron chi connectivity index (χ1n) is 10.5. The molecule has 1 aliphatic heterocycles. The maximum Gasteiger partial charge on any atom is 0.291 e. The summed E-state index contributed by atoms with van der Waals surface area (Å²) in [6.07, 6.45) is 2.18. The van der Waals surface area contributed by atoms with E-state index in [0.717, 1.165) is 11.3 Å². The van der Waals surface area contributed by atoms with Gasteiger partial charge in [0.05, 0.1) is 16.8 Å². The Labute approximate surface area is 191 Å². The van der Waals surface area contributed by atoms with Gasteiger partial charge in [-0.3, -0.25) is 20.4 Å². The first kappa shape index (κ1) is 22.6. The normalized spacial score (nSPS) is 15.2. The van der Waals surface area contributed by atoms with E-state index in [0.29, 0.717) is 12.8 Å². The maximum absolute atomic E-state index is 12.8. The van der Waals surface area contributed by atoms with Crippen molar-refractivity contribution in [2.75, 3.05) is 13.1 Å². The van der Waals surface area contributed by atoms with Crippen LogP contribution < -0.4 is 10.9 Å². The molecular weight excluding hydrogens is 444 g/mol. The molecule has 11 heteroatoms. The van der Waals surface area contributed by atoms with Crippen LogP contribution in [0.2, 0.25) is 0 Å². The number of hydrogen-bond donors (Lipinski definition) is 2. The summed E-state index contributed by atoms with van der Waals surface area (Å²) in [4.78, 5) is 25.0. The summed E-state index contributed by atoms with van der Waals surface area (Å²) in [6.45, 7) is 2.35. The van der Waals surface area contributed by atoms with E-state index in [1.807, 2.05) is 37.3 Å².